The molecule has 0 atom stereocenters. The van der Waals surface area contributed by atoms with Gasteiger partial charge in [-0.05, 0) is 43.4 Å². The van der Waals surface area contributed by atoms with Gasteiger partial charge in [-0.1, -0.05) is 24.3 Å². The van der Waals surface area contributed by atoms with Crippen LogP contribution in [0.1, 0.15) is 5.69 Å². The zero-order chi connectivity index (χ0) is 19.3. The summed E-state index contributed by atoms with van der Waals surface area (Å²) in [5.41, 5.74) is 6.69. The number of nitriles is 1. The SMILES string of the molecule is CN1CCN(c2ccc(N/N=C(/C#N)c3ccc4ccccc4n3)cc2)CC1. The van der Waals surface area contributed by atoms with E-state index in [1.807, 2.05) is 48.5 Å². The maximum absolute atomic E-state index is 9.49. The zero-order valence-corrected chi connectivity index (χ0v) is 15.8. The Morgan fingerprint density at radius 1 is 1.00 bits per heavy atom. The first kappa shape index (κ1) is 18.0. The molecule has 0 radical (unpaired) electrons. The van der Waals surface area contributed by atoms with Crippen LogP contribution in [0.15, 0.2) is 65.8 Å². The van der Waals surface area contributed by atoms with E-state index in [4.69, 9.17) is 0 Å². The van der Waals surface area contributed by atoms with Gasteiger partial charge in [0.05, 0.1) is 11.2 Å². The standard InChI is InChI=1S/C22H22N6/c1-27-12-14-28(15-13-27)19-9-7-18(8-10-19)25-26-22(16-23)21-11-6-17-4-2-3-5-20(17)24-21/h2-11,25H,12-15H2,1H3/b26-22-. The van der Waals surface area contributed by atoms with Crippen LogP contribution in [0.5, 0.6) is 0 Å². The number of anilines is 2. The van der Waals surface area contributed by atoms with Crippen molar-refractivity contribution in [2.24, 2.45) is 5.10 Å². The molecule has 0 saturated carbocycles. The summed E-state index contributed by atoms with van der Waals surface area (Å²) in [5, 5.41) is 14.8. The van der Waals surface area contributed by atoms with Gasteiger partial charge in [-0.25, -0.2) is 4.98 Å². The van der Waals surface area contributed by atoms with Gasteiger partial charge < -0.3 is 9.80 Å². The van der Waals surface area contributed by atoms with Gasteiger partial charge >= 0.3 is 0 Å². The number of piperazine rings is 1. The summed E-state index contributed by atoms with van der Waals surface area (Å²) in [6, 6.07) is 21.9. The third-order valence-corrected chi connectivity index (χ3v) is 4.98. The van der Waals surface area contributed by atoms with E-state index < -0.39 is 0 Å². The Labute approximate surface area is 164 Å². The number of para-hydroxylation sites is 1. The number of aromatic nitrogens is 1. The topological polar surface area (TPSA) is 67.5 Å². The lowest BCUT2D eigenvalue weighted by Crippen LogP contribution is -2.44. The summed E-state index contributed by atoms with van der Waals surface area (Å²) in [6.45, 7) is 4.23. The fourth-order valence-corrected chi connectivity index (χ4v) is 3.27. The Morgan fingerprint density at radius 2 is 1.75 bits per heavy atom. The van der Waals surface area contributed by atoms with Gasteiger partial charge in [-0.15, -0.1) is 0 Å². The molecule has 140 valence electrons. The average Bonchev–Trinajstić information content (AvgIpc) is 2.75. The second-order valence-corrected chi connectivity index (χ2v) is 6.91. The normalized spacial score (nSPS) is 15.4. The van der Waals surface area contributed by atoms with Crippen molar-refractivity contribution in [3.8, 4) is 6.07 Å². The lowest BCUT2D eigenvalue weighted by Gasteiger charge is -2.34. The largest absolute Gasteiger partial charge is 0.369 e. The molecule has 1 fully saturated rings. The summed E-state index contributed by atoms with van der Waals surface area (Å²) in [7, 11) is 2.15. The number of fused-ring (bicyclic) bond motifs is 1. The molecule has 0 unspecified atom stereocenters. The van der Waals surface area contributed by atoms with Crippen LogP contribution in [0.4, 0.5) is 11.4 Å². The summed E-state index contributed by atoms with van der Waals surface area (Å²) >= 11 is 0. The van der Waals surface area contributed by atoms with E-state index in [0.717, 1.165) is 42.8 Å². The third-order valence-electron chi connectivity index (χ3n) is 4.98. The Balaban J connectivity index is 1.48. The van der Waals surface area contributed by atoms with Crippen molar-refractivity contribution < 1.29 is 0 Å². The summed E-state index contributed by atoms with van der Waals surface area (Å²) in [4.78, 5) is 9.26. The molecule has 1 aromatic heterocycles. The smallest absolute Gasteiger partial charge is 0.186 e. The highest BCUT2D eigenvalue weighted by atomic mass is 15.3. The second kappa shape index (κ2) is 8.07. The van der Waals surface area contributed by atoms with E-state index >= 15 is 0 Å². The Hall–Kier alpha value is -3.43. The molecule has 0 bridgehead atoms. The van der Waals surface area contributed by atoms with E-state index in [-0.39, 0.29) is 5.71 Å². The number of hydrogen-bond acceptors (Lipinski definition) is 6. The van der Waals surface area contributed by atoms with Gasteiger partial charge in [0, 0.05) is 37.3 Å². The van der Waals surface area contributed by atoms with Crippen molar-refractivity contribution in [3.63, 3.8) is 0 Å². The molecule has 4 rings (SSSR count). The summed E-state index contributed by atoms with van der Waals surface area (Å²) in [5.74, 6) is 0. The summed E-state index contributed by atoms with van der Waals surface area (Å²) < 4.78 is 0. The number of pyridine rings is 1. The summed E-state index contributed by atoms with van der Waals surface area (Å²) in [6.07, 6.45) is 0. The number of rotatable bonds is 4. The fraction of sp³-hybridized carbons (Fsp3) is 0.227. The highest BCUT2D eigenvalue weighted by Crippen LogP contribution is 2.19. The molecular formula is C22H22N6. The van der Waals surface area contributed by atoms with Crippen LogP contribution in [0, 0.1) is 11.3 Å². The van der Waals surface area contributed by atoms with E-state index in [0.29, 0.717) is 5.69 Å². The first-order valence-electron chi connectivity index (χ1n) is 9.36. The molecule has 1 saturated heterocycles. The minimum atomic E-state index is 0.258. The van der Waals surface area contributed by atoms with Crippen molar-refractivity contribution >= 4 is 28.0 Å². The van der Waals surface area contributed by atoms with Crippen LogP contribution >= 0.6 is 0 Å². The molecular weight excluding hydrogens is 348 g/mol. The van der Waals surface area contributed by atoms with Gasteiger partial charge in [-0.3, -0.25) is 5.43 Å². The molecule has 6 nitrogen and oxygen atoms in total. The lowest BCUT2D eigenvalue weighted by molar-refractivity contribution is 0.313. The Kier molecular flexibility index (Phi) is 5.18. The molecule has 2 heterocycles. The van der Waals surface area contributed by atoms with Gasteiger partial charge in [0.15, 0.2) is 5.71 Å². The molecule has 3 aromatic rings. The first-order valence-corrected chi connectivity index (χ1v) is 9.36. The van der Waals surface area contributed by atoms with E-state index in [9.17, 15) is 5.26 Å². The lowest BCUT2D eigenvalue weighted by atomic mass is 10.2. The zero-order valence-electron chi connectivity index (χ0n) is 15.8. The van der Waals surface area contributed by atoms with Crippen LogP contribution in [0.25, 0.3) is 10.9 Å². The predicted octanol–water partition coefficient (Wildman–Crippen LogP) is 3.33. The number of likely N-dealkylation sites (N-methyl/N-ethyl adjacent to an activating group) is 1. The van der Waals surface area contributed by atoms with Crippen molar-refractivity contribution in [2.45, 2.75) is 0 Å². The molecule has 1 aliphatic heterocycles. The third kappa shape index (κ3) is 3.95. The van der Waals surface area contributed by atoms with Crippen LogP contribution in [-0.2, 0) is 0 Å². The Bertz CT molecular complexity index is 1030. The van der Waals surface area contributed by atoms with E-state index in [1.54, 1.807) is 0 Å². The molecule has 28 heavy (non-hydrogen) atoms. The van der Waals surface area contributed by atoms with Gasteiger partial charge in [0.2, 0.25) is 0 Å². The number of nitrogens with one attached hydrogen (secondary N) is 1. The van der Waals surface area contributed by atoms with Crippen molar-refractivity contribution in [3.05, 3.63) is 66.4 Å². The molecule has 2 aromatic carbocycles. The van der Waals surface area contributed by atoms with Crippen LogP contribution < -0.4 is 10.3 Å². The predicted molar refractivity (Wildman–Crippen MR) is 114 cm³/mol. The van der Waals surface area contributed by atoms with Gasteiger partial charge in [0.25, 0.3) is 0 Å². The fourth-order valence-electron chi connectivity index (χ4n) is 3.27. The number of nitrogens with zero attached hydrogens (tertiary/aromatic N) is 5. The van der Waals surface area contributed by atoms with Gasteiger partial charge in [0.1, 0.15) is 11.8 Å². The number of hydrazone groups is 1. The Morgan fingerprint density at radius 3 is 2.50 bits per heavy atom. The molecule has 0 amide bonds. The number of benzene rings is 2. The van der Waals surface area contributed by atoms with Crippen molar-refractivity contribution in [2.75, 3.05) is 43.6 Å². The first-order chi connectivity index (χ1) is 13.7. The highest BCUT2D eigenvalue weighted by molar-refractivity contribution is 6.11. The maximum atomic E-state index is 9.49. The second-order valence-electron chi connectivity index (χ2n) is 6.91. The maximum Gasteiger partial charge on any atom is 0.186 e. The van der Waals surface area contributed by atoms with Crippen LogP contribution in [0.3, 0.4) is 0 Å². The molecule has 6 heteroatoms. The highest BCUT2D eigenvalue weighted by Gasteiger charge is 2.14. The van der Waals surface area contributed by atoms with Crippen LogP contribution in [-0.4, -0.2) is 48.8 Å². The molecule has 1 N–H and O–H groups in total. The quantitative estimate of drug-likeness (QED) is 0.564. The minimum absolute atomic E-state index is 0.258. The minimum Gasteiger partial charge on any atom is -0.369 e. The number of hydrogen-bond donors (Lipinski definition) is 1. The van der Waals surface area contributed by atoms with Crippen LogP contribution in [0.2, 0.25) is 0 Å². The molecule has 1 aliphatic rings. The van der Waals surface area contributed by atoms with Crippen molar-refractivity contribution in [1.29, 1.82) is 5.26 Å². The van der Waals surface area contributed by atoms with Gasteiger partial charge in [-0.2, -0.15) is 10.4 Å². The van der Waals surface area contributed by atoms with Crippen molar-refractivity contribution in [1.82, 2.24) is 9.88 Å². The molecule has 0 aliphatic carbocycles. The average molecular weight is 370 g/mol. The monoisotopic (exact) mass is 370 g/mol. The van der Waals surface area contributed by atoms with E-state index in [1.165, 1.54) is 5.69 Å². The van der Waals surface area contributed by atoms with E-state index in [2.05, 4.69) is 50.6 Å². The molecule has 0 spiro atoms.